The van der Waals surface area contributed by atoms with Gasteiger partial charge in [-0.05, 0) is 31.0 Å². The second kappa shape index (κ2) is 5.93. The van der Waals surface area contributed by atoms with Gasteiger partial charge in [0, 0.05) is 22.5 Å². The summed E-state index contributed by atoms with van der Waals surface area (Å²) in [6, 6.07) is 9.16. The fourth-order valence-corrected chi connectivity index (χ4v) is 3.62. The minimum Gasteiger partial charge on any atom is -0.468 e. The standard InChI is InChI=1S/C18H15N3O3S/c1-24-16(23)18(6-7-18)14-10-25-17(20-14)21-15(22)12-5-4-11-3-2-8-19-13(11)9-12/h2-5,8-10H,6-7H2,1H3,(H,20,21,22). The summed E-state index contributed by atoms with van der Waals surface area (Å²) in [7, 11) is 1.38. The Labute approximate surface area is 147 Å². The lowest BCUT2D eigenvalue weighted by molar-refractivity contribution is -0.143. The zero-order valence-electron chi connectivity index (χ0n) is 13.5. The van der Waals surface area contributed by atoms with Crippen LogP contribution < -0.4 is 5.32 Å². The summed E-state index contributed by atoms with van der Waals surface area (Å²) < 4.78 is 4.86. The van der Waals surface area contributed by atoms with Gasteiger partial charge >= 0.3 is 5.97 Å². The fourth-order valence-electron chi connectivity index (χ4n) is 2.81. The number of amides is 1. The van der Waals surface area contributed by atoms with Crippen molar-refractivity contribution in [1.82, 2.24) is 9.97 Å². The average molecular weight is 353 g/mol. The van der Waals surface area contributed by atoms with Crippen LogP contribution in [0.15, 0.2) is 41.9 Å². The third-order valence-electron chi connectivity index (χ3n) is 4.41. The first kappa shape index (κ1) is 15.7. The first-order valence-electron chi connectivity index (χ1n) is 7.83. The van der Waals surface area contributed by atoms with Crippen molar-refractivity contribution in [2.45, 2.75) is 18.3 Å². The van der Waals surface area contributed by atoms with Crippen LogP contribution in [0.4, 0.5) is 5.13 Å². The number of ether oxygens (including phenoxy) is 1. The van der Waals surface area contributed by atoms with Gasteiger partial charge in [0.05, 0.1) is 18.3 Å². The largest absolute Gasteiger partial charge is 0.468 e. The molecular weight excluding hydrogens is 338 g/mol. The van der Waals surface area contributed by atoms with Crippen LogP contribution in [0.5, 0.6) is 0 Å². The van der Waals surface area contributed by atoms with Crippen molar-refractivity contribution in [2.75, 3.05) is 12.4 Å². The van der Waals surface area contributed by atoms with Crippen molar-refractivity contribution >= 4 is 39.2 Å². The number of anilines is 1. The highest BCUT2D eigenvalue weighted by molar-refractivity contribution is 7.14. The molecule has 0 spiro atoms. The molecule has 1 amide bonds. The predicted octanol–water partition coefficient (Wildman–Crippen LogP) is 3.15. The minimum atomic E-state index is -0.624. The Balaban J connectivity index is 1.54. The van der Waals surface area contributed by atoms with E-state index < -0.39 is 5.41 Å². The molecule has 0 unspecified atom stereocenters. The number of carbonyl (C=O) groups is 2. The molecule has 0 atom stereocenters. The average Bonchev–Trinajstić information content (AvgIpc) is 3.33. The number of hydrogen-bond acceptors (Lipinski definition) is 6. The molecule has 0 radical (unpaired) electrons. The number of methoxy groups -OCH3 is 1. The maximum Gasteiger partial charge on any atom is 0.317 e. The number of hydrogen-bond donors (Lipinski definition) is 1. The molecule has 1 aliphatic rings. The number of nitrogens with one attached hydrogen (secondary N) is 1. The quantitative estimate of drug-likeness (QED) is 0.729. The van der Waals surface area contributed by atoms with Crippen LogP contribution in [-0.4, -0.2) is 29.0 Å². The molecule has 1 saturated carbocycles. The summed E-state index contributed by atoms with van der Waals surface area (Å²) in [5, 5.41) is 6.04. The van der Waals surface area contributed by atoms with Crippen LogP contribution in [0.2, 0.25) is 0 Å². The molecule has 2 aromatic heterocycles. The van der Waals surface area contributed by atoms with Gasteiger partial charge in [0.15, 0.2) is 5.13 Å². The van der Waals surface area contributed by atoms with E-state index >= 15 is 0 Å². The van der Waals surface area contributed by atoms with Crippen LogP contribution in [-0.2, 0) is 14.9 Å². The molecule has 0 aliphatic heterocycles. The van der Waals surface area contributed by atoms with E-state index in [4.69, 9.17) is 4.74 Å². The van der Waals surface area contributed by atoms with Crippen LogP contribution >= 0.6 is 11.3 Å². The normalized spacial score (nSPS) is 14.9. The molecule has 1 aromatic carbocycles. The molecule has 1 fully saturated rings. The lowest BCUT2D eigenvalue weighted by Crippen LogP contribution is -2.22. The van der Waals surface area contributed by atoms with E-state index in [0.717, 1.165) is 23.7 Å². The summed E-state index contributed by atoms with van der Waals surface area (Å²) in [5.41, 5.74) is 1.32. The zero-order valence-corrected chi connectivity index (χ0v) is 14.3. The highest BCUT2D eigenvalue weighted by Crippen LogP contribution is 2.49. The summed E-state index contributed by atoms with van der Waals surface area (Å²) in [4.78, 5) is 33.1. The van der Waals surface area contributed by atoms with E-state index in [9.17, 15) is 9.59 Å². The van der Waals surface area contributed by atoms with E-state index in [1.807, 2.05) is 23.6 Å². The second-order valence-electron chi connectivity index (χ2n) is 5.98. The SMILES string of the molecule is COC(=O)C1(c2csc(NC(=O)c3ccc4cccnc4c3)n2)CC1. The lowest BCUT2D eigenvalue weighted by Gasteiger charge is -2.08. The molecular formula is C18H15N3O3S. The highest BCUT2D eigenvalue weighted by Gasteiger charge is 2.54. The maximum absolute atomic E-state index is 12.5. The Bertz CT molecular complexity index is 978. The number of aromatic nitrogens is 2. The first-order chi connectivity index (χ1) is 12.1. The molecule has 25 heavy (non-hydrogen) atoms. The molecule has 1 N–H and O–H groups in total. The molecule has 2 heterocycles. The van der Waals surface area contributed by atoms with Gasteiger partial charge in [0.1, 0.15) is 5.41 Å². The van der Waals surface area contributed by atoms with E-state index in [1.165, 1.54) is 18.4 Å². The third-order valence-corrected chi connectivity index (χ3v) is 5.17. The number of carbonyl (C=O) groups excluding carboxylic acids is 2. The Morgan fingerprint density at radius 2 is 2.12 bits per heavy atom. The van der Waals surface area contributed by atoms with Crippen molar-refractivity contribution < 1.29 is 14.3 Å². The van der Waals surface area contributed by atoms with E-state index in [1.54, 1.807) is 18.3 Å². The number of esters is 1. The Hall–Kier alpha value is -2.80. The maximum atomic E-state index is 12.5. The molecule has 0 bridgehead atoms. The summed E-state index contributed by atoms with van der Waals surface area (Å²) >= 11 is 1.30. The molecule has 7 heteroatoms. The topological polar surface area (TPSA) is 81.2 Å². The van der Waals surface area contributed by atoms with Crippen molar-refractivity contribution in [3.63, 3.8) is 0 Å². The van der Waals surface area contributed by atoms with Crippen molar-refractivity contribution in [1.29, 1.82) is 0 Å². The van der Waals surface area contributed by atoms with Crippen LogP contribution in [0.25, 0.3) is 10.9 Å². The van der Waals surface area contributed by atoms with Crippen molar-refractivity contribution in [3.8, 4) is 0 Å². The van der Waals surface area contributed by atoms with Gasteiger partial charge in [0.2, 0.25) is 0 Å². The van der Waals surface area contributed by atoms with Crippen LogP contribution in [0.1, 0.15) is 28.9 Å². The Morgan fingerprint density at radius 1 is 1.28 bits per heavy atom. The van der Waals surface area contributed by atoms with Gasteiger partial charge in [-0.25, -0.2) is 4.98 Å². The van der Waals surface area contributed by atoms with Gasteiger partial charge in [-0.1, -0.05) is 12.1 Å². The van der Waals surface area contributed by atoms with E-state index in [2.05, 4.69) is 15.3 Å². The predicted molar refractivity (Wildman–Crippen MR) is 94.7 cm³/mol. The zero-order chi connectivity index (χ0) is 17.4. The highest BCUT2D eigenvalue weighted by atomic mass is 32.1. The summed E-state index contributed by atoms with van der Waals surface area (Å²) in [6.07, 6.45) is 3.15. The molecule has 0 saturated heterocycles. The van der Waals surface area contributed by atoms with E-state index in [0.29, 0.717) is 16.4 Å². The Morgan fingerprint density at radius 3 is 2.88 bits per heavy atom. The van der Waals surface area contributed by atoms with Gasteiger partial charge in [-0.2, -0.15) is 0 Å². The number of fused-ring (bicyclic) bond motifs is 1. The molecule has 6 nitrogen and oxygen atoms in total. The molecule has 3 aromatic rings. The number of benzene rings is 1. The number of rotatable bonds is 4. The first-order valence-corrected chi connectivity index (χ1v) is 8.71. The molecule has 1 aliphatic carbocycles. The molecule has 126 valence electrons. The van der Waals surface area contributed by atoms with Gasteiger partial charge in [-0.15, -0.1) is 11.3 Å². The van der Waals surface area contributed by atoms with Crippen molar-refractivity contribution in [3.05, 3.63) is 53.2 Å². The number of nitrogens with zero attached hydrogens (tertiary/aromatic N) is 2. The summed E-state index contributed by atoms with van der Waals surface area (Å²) in [6.45, 7) is 0. The van der Waals surface area contributed by atoms with Crippen LogP contribution in [0, 0.1) is 0 Å². The number of thiazole rings is 1. The minimum absolute atomic E-state index is 0.253. The van der Waals surface area contributed by atoms with Crippen molar-refractivity contribution in [2.24, 2.45) is 0 Å². The van der Waals surface area contributed by atoms with Gasteiger partial charge in [-0.3, -0.25) is 19.9 Å². The van der Waals surface area contributed by atoms with E-state index in [-0.39, 0.29) is 11.9 Å². The smallest absolute Gasteiger partial charge is 0.317 e. The molecule has 4 rings (SSSR count). The third kappa shape index (κ3) is 2.76. The lowest BCUT2D eigenvalue weighted by atomic mass is 10.0. The number of pyridine rings is 1. The van der Waals surface area contributed by atoms with Gasteiger partial charge in [0.25, 0.3) is 5.91 Å². The summed E-state index contributed by atoms with van der Waals surface area (Å²) in [5.74, 6) is -0.521. The Kier molecular flexibility index (Phi) is 3.73. The van der Waals surface area contributed by atoms with Crippen LogP contribution in [0.3, 0.4) is 0 Å². The fraction of sp³-hybridized carbons (Fsp3) is 0.222. The monoisotopic (exact) mass is 353 g/mol. The second-order valence-corrected chi connectivity index (χ2v) is 6.83. The van der Waals surface area contributed by atoms with Gasteiger partial charge < -0.3 is 4.74 Å².